The number of aryl methyl sites for hydroxylation is 2. The summed E-state index contributed by atoms with van der Waals surface area (Å²) in [6.45, 7) is 9.55. The molecule has 174 valence electrons. The fraction of sp³-hybridized carbons (Fsp3) is 0.409. The van der Waals surface area contributed by atoms with Crippen LogP contribution in [0.15, 0.2) is 24.4 Å². The van der Waals surface area contributed by atoms with Crippen LogP contribution >= 0.6 is 0 Å². The van der Waals surface area contributed by atoms with Crippen molar-refractivity contribution in [3.05, 3.63) is 35.7 Å². The molecule has 1 aromatic carbocycles. The van der Waals surface area contributed by atoms with Gasteiger partial charge in [-0.3, -0.25) is 24.2 Å². The number of hydrogen-bond donors (Lipinski definition) is 3. The van der Waals surface area contributed by atoms with E-state index in [1.54, 1.807) is 18.3 Å². The van der Waals surface area contributed by atoms with Crippen molar-refractivity contribution in [2.75, 3.05) is 26.2 Å². The zero-order valence-electron chi connectivity index (χ0n) is 19.1. The van der Waals surface area contributed by atoms with E-state index < -0.39 is 5.91 Å². The van der Waals surface area contributed by atoms with Crippen molar-refractivity contribution in [2.45, 2.75) is 33.9 Å². The average molecular weight is 452 g/mol. The molecule has 0 aliphatic carbocycles. The Morgan fingerprint density at radius 3 is 2.73 bits per heavy atom. The topological polar surface area (TPSA) is 144 Å². The first kappa shape index (κ1) is 22.6. The monoisotopic (exact) mass is 451 g/mol. The number of carbonyl (C=O) groups is 1. The van der Waals surface area contributed by atoms with Crippen LogP contribution in [0.3, 0.4) is 0 Å². The van der Waals surface area contributed by atoms with Gasteiger partial charge in [0.05, 0.1) is 30.6 Å². The Bertz CT molecular complexity index is 1270. The van der Waals surface area contributed by atoms with E-state index in [4.69, 9.17) is 10.7 Å². The highest BCUT2D eigenvalue weighted by molar-refractivity contribution is 6.02. The molecule has 0 radical (unpaired) electrons. The molecule has 0 saturated heterocycles. The lowest BCUT2D eigenvalue weighted by Crippen LogP contribution is -2.30. The number of hydrogen-bond acceptors (Lipinski definition) is 7. The van der Waals surface area contributed by atoms with Crippen LogP contribution in [-0.2, 0) is 13.1 Å². The van der Waals surface area contributed by atoms with Crippen LogP contribution in [0.5, 0.6) is 0 Å². The van der Waals surface area contributed by atoms with Gasteiger partial charge in [-0.1, -0.05) is 6.92 Å². The number of aliphatic hydroxyl groups is 1. The smallest absolute Gasteiger partial charge is 0.248 e. The number of fused-ring (bicyclic) bond motifs is 1. The Kier molecular flexibility index (Phi) is 6.52. The van der Waals surface area contributed by atoms with Crippen molar-refractivity contribution in [1.82, 2.24) is 39.6 Å². The molecule has 11 nitrogen and oxygen atoms in total. The van der Waals surface area contributed by atoms with E-state index in [1.165, 1.54) is 0 Å². The molecule has 33 heavy (non-hydrogen) atoms. The van der Waals surface area contributed by atoms with Gasteiger partial charge in [-0.25, -0.2) is 4.98 Å². The van der Waals surface area contributed by atoms with E-state index in [9.17, 15) is 9.90 Å². The van der Waals surface area contributed by atoms with Gasteiger partial charge < -0.3 is 10.8 Å². The Labute approximate surface area is 191 Å². The summed E-state index contributed by atoms with van der Waals surface area (Å²) >= 11 is 0. The van der Waals surface area contributed by atoms with E-state index >= 15 is 0 Å². The van der Waals surface area contributed by atoms with Crippen LogP contribution in [-0.4, -0.2) is 76.9 Å². The predicted octanol–water partition coefficient (Wildman–Crippen LogP) is 1.43. The van der Waals surface area contributed by atoms with Gasteiger partial charge >= 0.3 is 0 Å². The fourth-order valence-electron chi connectivity index (χ4n) is 3.96. The quantitative estimate of drug-likeness (QED) is 0.331. The van der Waals surface area contributed by atoms with Gasteiger partial charge in [-0.05, 0) is 38.6 Å². The number of aromatic nitrogens is 7. The lowest BCUT2D eigenvalue weighted by molar-refractivity contribution is 0.100. The van der Waals surface area contributed by atoms with Gasteiger partial charge in [0.25, 0.3) is 0 Å². The van der Waals surface area contributed by atoms with Crippen LogP contribution in [0.4, 0.5) is 0 Å². The third-order valence-electron chi connectivity index (χ3n) is 5.71. The Balaban J connectivity index is 1.74. The number of likely N-dealkylation sites (N-methyl/N-ethyl adjacent to an activating group) is 1. The first-order chi connectivity index (χ1) is 15.9. The lowest BCUT2D eigenvalue weighted by Gasteiger charge is -2.19. The van der Waals surface area contributed by atoms with Gasteiger partial charge in [0.1, 0.15) is 5.69 Å². The number of primary amides is 1. The van der Waals surface area contributed by atoms with Crippen molar-refractivity contribution >= 4 is 16.8 Å². The SMILES string of the molecule is CCN(CCO)CCn1ncc2c(-c3nc(-c4cc(C)nn4CC)n[nH]3)cc(C(N)=O)cc21. The summed E-state index contributed by atoms with van der Waals surface area (Å²) in [7, 11) is 0. The second-order valence-corrected chi connectivity index (χ2v) is 7.84. The lowest BCUT2D eigenvalue weighted by atomic mass is 10.0. The Morgan fingerprint density at radius 1 is 1.21 bits per heavy atom. The van der Waals surface area contributed by atoms with Gasteiger partial charge in [0.15, 0.2) is 11.6 Å². The Hall–Kier alpha value is -3.57. The molecule has 1 amide bonds. The number of amides is 1. The number of benzene rings is 1. The molecule has 4 N–H and O–H groups in total. The number of nitrogens with two attached hydrogens (primary N) is 1. The molecule has 0 spiro atoms. The summed E-state index contributed by atoms with van der Waals surface area (Å²) in [5.74, 6) is 0.524. The first-order valence-corrected chi connectivity index (χ1v) is 11.0. The standard InChI is InChI=1S/C22H29N9O2/c1-4-29(8-9-32)6-7-31-18-12-15(20(23)33)11-16(17(18)13-24-31)21-25-22(27-26-21)19-10-14(3)28-30(19)5-2/h10-13,32H,4-9H2,1-3H3,(H2,23,33)(H,25,26,27). The van der Waals surface area contributed by atoms with Crippen LogP contribution in [0.25, 0.3) is 33.8 Å². The molecule has 0 atom stereocenters. The van der Waals surface area contributed by atoms with E-state index in [-0.39, 0.29) is 6.61 Å². The molecule has 4 aromatic rings. The van der Waals surface area contributed by atoms with Crippen LogP contribution in [0, 0.1) is 6.92 Å². The van der Waals surface area contributed by atoms with E-state index in [0.29, 0.717) is 42.4 Å². The van der Waals surface area contributed by atoms with Crippen LogP contribution in [0.1, 0.15) is 29.9 Å². The van der Waals surface area contributed by atoms with Crippen molar-refractivity contribution in [1.29, 1.82) is 0 Å². The molecule has 0 fully saturated rings. The molecular weight excluding hydrogens is 422 g/mol. The molecule has 0 aliphatic heterocycles. The number of aromatic amines is 1. The summed E-state index contributed by atoms with van der Waals surface area (Å²) in [5, 5.41) is 26.5. The van der Waals surface area contributed by atoms with E-state index in [1.807, 2.05) is 36.2 Å². The zero-order chi connectivity index (χ0) is 23.5. The molecule has 0 saturated carbocycles. The van der Waals surface area contributed by atoms with Gasteiger partial charge in [-0.15, -0.1) is 0 Å². The first-order valence-electron chi connectivity index (χ1n) is 11.0. The summed E-state index contributed by atoms with van der Waals surface area (Å²) < 4.78 is 3.69. The zero-order valence-corrected chi connectivity index (χ0v) is 19.1. The van der Waals surface area contributed by atoms with Gasteiger partial charge in [0.2, 0.25) is 5.91 Å². The third-order valence-corrected chi connectivity index (χ3v) is 5.71. The third kappa shape index (κ3) is 4.50. The number of aliphatic hydroxyl groups excluding tert-OH is 1. The molecule has 0 aliphatic rings. The number of nitrogens with zero attached hydrogens (tertiary/aromatic N) is 7. The minimum atomic E-state index is -0.527. The normalized spacial score (nSPS) is 11.7. The molecule has 0 unspecified atom stereocenters. The van der Waals surface area contributed by atoms with Crippen molar-refractivity contribution in [2.24, 2.45) is 5.73 Å². The summed E-state index contributed by atoms with van der Waals surface area (Å²) in [6, 6.07) is 5.41. The highest BCUT2D eigenvalue weighted by Gasteiger charge is 2.18. The number of nitrogens with one attached hydrogen (secondary N) is 1. The van der Waals surface area contributed by atoms with Crippen molar-refractivity contribution in [3.8, 4) is 22.9 Å². The number of H-pyrrole nitrogens is 1. The molecule has 0 bridgehead atoms. The van der Waals surface area contributed by atoms with Crippen molar-refractivity contribution in [3.63, 3.8) is 0 Å². The summed E-state index contributed by atoms with van der Waals surface area (Å²) in [6.07, 6.45) is 1.76. The molecule has 3 aromatic heterocycles. The minimum Gasteiger partial charge on any atom is -0.395 e. The molecular formula is C22H29N9O2. The second kappa shape index (κ2) is 9.51. The maximum absolute atomic E-state index is 12.1. The fourth-order valence-corrected chi connectivity index (χ4v) is 3.96. The largest absolute Gasteiger partial charge is 0.395 e. The van der Waals surface area contributed by atoms with E-state index in [0.717, 1.165) is 35.4 Å². The molecule has 3 heterocycles. The van der Waals surface area contributed by atoms with E-state index in [2.05, 4.69) is 25.3 Å². The highest BCUT2D eigenvalue weighted by Crippen LogP contribution is 2.29. The second-order valence-electron chi connectivity index (χ2n) is 7.84. The molecule has 4 rings (SSSR count). The van der Waals surface area contributed by atoms with Crippen LogP contribution < -0.4 is 5.73 Å². The van der Waals surface area contributed by atoms with Crippen LogP contribution in [0.2, 0.25) is 0 Å². The number of carbonyl (C=O) groups excluding carboxylic acids is 1. The van der Waals surface area contributed by atoms with Crippen molar-refractivity contribution < 1.29 is 9.90 Å². The highest BCUT2D eigenvalue weighted by atomic mass is 16.3. The summed E-state index contributed by atoms with van der Waals surface area (Å²) in [5.41, 5.74) is 9.19. The minimum absolute atomic E-state index is 0.105. The number of rotatable bonds is 10. The average Bonchev–Trinajstić information content (AvgIpc) is 3.53. The maximum Gasteiger partial charge on any atom is 0.248 e. The Morgan fingerprint density at radius 2 is 2.03 bits per heavy atom. The summed E-state index contributed by atoms with van der Waals surface area (Å²) in [4.78, 5) is 18.9. The predicted molar refractivity (Wildman–Crippen MR) is 124 cm³/mol. The van der Waals surface area contributed by atoms with Gasteiger partial charge in [0, 0.05) is 36.1 Å². The maximum atomic E-state index is 12.1. The molecule has 11 heteroatoms. The van der Waals surface area contributed by atoms with Gasteiger partial charge in [-0.2, -0.15) is 15.3 Å².